The second kappa shape index (κ2) is 9.35. The van der Waals surface area contributed by atoms with Gasteiger partial charge in [0, 0.05) is 37.1 Å². The van der Waals surface area contributed by atoms with Crippen molar-refractivity contribution in [3.05, 3.63) is 5.82 Å². The molecule has 3 aliphatic rings. The number of aromatic nitrogens is 3. The fraction of sp³-hybridized carbons (Fsp3) is 0.857. The van der Waals surface area contributed by atoms with E-state index in [-0.39, 0.29) is 11.4 Å². The maximum atomic E-state index is 12.7. The van der Waals surface area contributed by atoms with Gasteiger partial charge in [-0.2, -0.15) is 0 Å². The van der Waals surface area contributed by atoms with Crippen molar-refractivity contribution in [2.75, 3.05) is 38.6 Å². The smallest absolute Gasteiger partial charge is 0.230 e. The highest BCUT2D eigenvalue weighted by atomic mass is 32.2. The summed E-state index contributed by atoms with van der Waals surface area (Å²) in [5, 5.41) is 12.9. The Hall–Kier alpha value is -1.12. The summed E-state index contributed by atoms with van der Waals surface area (Å²) >= 11 is 1.53. The molecule has 0 atom stereocenters. The van der Waals surface area contributed by atoms with Gasteiger partial charge in [-0.1, -0.05) is 44.9 Å². The van der Waals surface area contributed by atoms with Gasteiger partial charge in [-0.25, -0.2) is 0 Å². The van der Waals surface area contributed by atoms with Crippen LogP contribution >= 0.6 is 11.8 Å². The highest BCUT2D eigenvalue weighted by Crippen LogP contribution is 2.40. The number of nitrogens with one attached hydrogen (secondary N) is 1. The zero-order chi connectivity index (χ0) is 20.3. The van der Waals surface area contributed by atoms with E-state index in [1.54, 1.807) is 0 Å². The lowest BCUT2D eigenvalue weighted by atomic mass is 9.79. The minimum Gasteiger partial charge on any atom is -0.379 e. The number of carbonyl (C=O) groups excluding carboxylic acids is 1. The predicted molar refractivity (Wildman–Crippen MR) is 114 cm³/mol. The summed E-state index contributed by atoms with van der Waals surface area (Å²) in [4.78, 5) is 15.3. The summed E-state index contributed by atoms with van der Waals surface area (Å²) in [5.74, 6) is 1.90. The minimum atomic E-state index is 0.102. The molecule has 0 spiro atoms. The lowest BCUT2D eigenvalue weighted by Gasteiger charge is -2.48. The van der Waals surface area contributed by atoms with Crippen molar-refractivity contribution in [2.45, 2.75) is 81.4 Å². The molecule has 162 valence electrons. The molecule has 2 saturated carbocycles. The molecule has 1 aromatic heterocycles. The fourth-order valence-electron chi connectivity index (χ4n) is 4.75. The number of morpholine rings is 1. The molecule has 0 aromatic carbocycles. The van der Waals surface area contributed by atoms with Crippen molar-refractivity contribution < 1.29 is 9.53 Å². The number of ether oxygens (including phenoxy) is 1. The summed E-state index contributed by atoms with van der Waals surface area (Å²) in [6.07, 6.45) is 8.56. The normalized spacial score (nSPS) is 22.7. The lowest BCUT2D eigenvalue weighted by molar-refractivity contribution is -0.119. The third-order valence-corrected chi connectivity index (χ3v) is 7.48. The molecule has 29 heavy (non-hydrogen) atoms. The second-order valence-electron chi connectivity index (χ2n) is 9.05. The summed E-state index contributed by atoms with van der Waals surface area (Å²) in [6.45, 7) is 8.62. The van der Waals surface area contributed by atoms with Crippen LogP contribution in [-0.2, 0) is 9.53 Å². The van der Waals surface area contributed by atoms with E-state index in [0.717, 1.165) is 43.8 Å². The van der Waals surface area contributed by atoms with Crippen molar-refractivity contribution in [3.8, 4) is 0 Å². The summed E-state index contributed by atoms with van der Waals surface area (Å²) < 4.78 is 7.82. The summed E-state index contributed by atoms with van der Waals surface area (Å²) in [7, 11) is 0. The van der Waals surface area contributed by atoms with Crippen LogP contribution in [0.3, 0.4) is 0 Å². The largest absolute Gasteiger partial charge is 0.379 e. The van der Waals surface area contributed by atoms with E-state index in [2.05, 4.69) is 38.8 Å². The number of hydrogen-bond donors (Lipinski definition) is 1. The van der Waals surface area contributed by atoms with E-state index < -0.39 is 0 Å². The Kier molecular flexibility index (Phi) is 6.81. The Bertz CT molecular complexity index is 691. The first-order chi connectivity index (χ1) is 14.1. The van der Waals surface area contributed by atoms with E-state index in [1.165, 1.54) is 56.7 Å². The summed E-state index contributed by atoms with van der Waals surface area (Å²) in [5.41, 5.74) is 0.112. The molecule has 2 aliphatic carbocycles. The third kappa shape index (κ3) is 4.97. The quantitative estimate of drug-likeness (QED) is 0.651. The third-order valence-electron chi connectivity index (χ3n) is 6.53. The zero-order valence-corrected chi connectivity index (χ0v) is 18.7. The molecular weight excluding hydrogens is 386 g/mol. The Labute approximate surface area is 178 Å². The molecule has 1 saturated heterocycles. The second-order valence-corrected chi connectivity index (χ2v) is 9.99. The van der Waals surface area contributed by atoms with Gasteiger partial charge in [0.2, 0.25) is 5.91 Å². The fourth-order valence-corrected chi connectivity index (χ4v) is 5.60. The molecule has 0 radical (unpaired) electrons. The number of nitrogens with zero attached hydrogens (tertiary/aromatic N) is 4. The molecule has 7 nitrogen and oxygen atoms in total. The SMILES string of the molecule is CC(C)c1nnc(SCC(=O)NCC2(N3CCOCC3)CCCCC2)n1C1CC1. The van der Waals surface area contributed by atoms with Gasteiger partial charge in [-0.05, 0) is 25.7 Å². The first-order valence-electron chi connectivity index (χ1n) is 11.3. The van der Waals surface area contributed by atoms with Crippen molar-refractivity contribution in [1.82, 2.24) is 25.0 Å². The van der Waals surface area contributed by atoms with Gasteiger partial charge in [0.1, 0.15) is 5.82 Å². The topological polar surface area (TPSA) is 72.3 Å². The van der Waals surface area contributed by atoms with Gasteiger partial charge in [0.15, 0.2) is 5.16 Å². The van der Waals surface area contributed by atoms with E-state index in [1.807, 2.05) is 0 Å². The molecule has 4 rings (SSSR count). The van der Waals surface area contributed by atoms with Gasteiger partial charge >= 0.3 is 0 Å². The van der Waals surface area contributed by atoms with Crippen molar-refractivity contribution in [2.24, 2.45) is 0 Å². The Morgan fingerprint density at radius 1 is 1.21 bits per heavy atom. The van der Waals surface area contributed by atoms with Gasteiger partial charge in [0.05, 0.1) is 19.0 Å². The molecule has 1 aliphatic heterocycles. The minimum absolute atomic E-state index is 0.102. The van der Waals surface area contributed by atoms with E-state index in [0.29, 0.717) is 17.7 Å². The first-order valence-corrected chi connectivity index (χ1v) is 12.2. The molecule has 3 fully saturated rings. The monoisotopic (exact) mass is 421 g/mol. The van der Waals surface area contributed by atoms with Crippen LogP contribution in [0.5, 0.6) is 0 Å². The molecule has 8 heteroatoms. The predicted octanol–water partition coefficient (Wildman–Crippen LogP) is 2.98. The van der Waals surface area contributed by atoms with Crippen LogP contribution < -0.4 is 5.32 Å². The van der Waals surface area contributed by atoms with Crippen molar-refractivity contribution >= 4 is 17.7 Å². The van der Waals surface area contributed by atoms with Crippen LogP contribution in [0.15, 0.2) is 5.16 Å². The van der Waals surface area contributed by atoms with E-state index in [4.69, 9.17) is 4.74 Å². The molecule has 1 N–H and O–H groups in total. The highest BCUT2D eigenvalue weighted by molar-refractivity contribution is 7.99. The zero-order valence-electron chi connectivity index (χ0n) is 17.9. The van der Waals surface area contributed by atoms with Gasteiger partial charge in [-0.15, -0.1) is 10.2 Å². The van der Waals surface area contributed by atoms with Gasteiger partial charge < -0.3 is 14.6 Å². The number of rotatable bonds is 8. The number of amides is 1. The molecule has 1 amide bonds. The van der Waals surface area contributed by atoms with Crippen LogP contribution in [0.2, 0.25) is 0 Å². The average molecular weight is 422 g/mol. The first kappa shape index (κ1) is 21.1. The lowest BCUT2D eigenvalue weighted by Crippen LogP contribution is -2.59. The Morgan fingerprint density at radius 2 is 1.93 bits per heavy atom. The van der Waals surface area contributed by atoms with Gasteiger partial charge in [0.25, 0.3) is 0 Å². The van der Waals surface area contributed by atoms with E-state index >= 15 is 0 Å². The standard InChI is InChI=1S/C21H35N5O2S/c1-16(2)19-23-24-20(26(19)17-6-7-17)29-14-18(27)22-15-21(8-4-3-5-9-21)25-10-12-28-13-11-25/h16-17H,3-15H2,1-2H3,(H,22,27). The van der Waals surface area contributed by atoms with Crippen LogP contribution in [-0.4, -0.2) is 69.7 Å². The van der Waals surface area contributed by atoms with Crippen LogP contribution in [0.1, 0.15) is 76.6 Å². The number of hydrogen-bond acceptors (Lipinski definition) is 6. The maximum absolute atomic E-state index is 12.7. The number of carbonyl (C=O) groups is 1. The molecule has 0 unspecified atom stereocenters. The molecule has 1 aromatic rings. The van der Waals surface area contributed by atoms with E-state index in [9.17, 15) is 4.79 Å². The van der Waals surface area contributed by atoms with Crippen LogP contribution in [0, 0.1) is 0 Å². The average Bonchev–Trinajstić information content (AvgIpc) is 3.50. The maximum Gasteiger partial charge on any atom is 0.230 e. The van der Waals surface area contributed by atoms with Crippen LogP contribution in [0.4, 0.5) is 0 Å². The summed E-state index contributed by atoms with van der Waals surface area (Å²) in [6, 6.07) is 0.528. The number of thioether (sulfide) groups is 1. The Morgan fingerprint density at radius 3 is 2.59 bits per heavy atom. The molecular formula is C21H35N5O2S. The van der Waals surface area contributed by atoms with Crippen LogP contribution in [0.25, 0.3) is 0 Å². The molecule has 2 heterocycles. The van der Waals surface area contributed by atoms with Crippen molar-refractivity contribution in [3.63, 3.8) is 0 Å². The van der Waals surface area contributed by atoms with Crippen molar-refractivity contribution in [1.29, 1.82) is 0 Å². The van der Waals surface area contributed by atoms with Gasteiger partial charge in [-0.3, -0.25) is 9.69 Å². The Balaban J connectivity index is 1.33. The molecule has 0 bridgehead atoms. The highest BCUT2D eigenvalue weighted by Gasteiger charge is 2.39.